The van der Waals surface area contributed by atoms with E-state index in [0.717, 1.165) is 0 Å². The highest BCUT2D eigenvalue weighted by molar-refractivity contribution is 6.04. The number of nitrogens with two attached hydrogens (primary N) is 1. The number of nitrogens with zero attached hydrogens (tertiary/aromatic N) is 6. The van der Waals surface area contributed by atoms with Crippen molar-refractivity contribution in [2.75, 3.05) is 29.6 Å². The molecule has 4 aromatic rings. The molecule has 186 valence electrons. The van der Waals surface area contributed by atoms with E-state index in [-0.39, 0.29) is 12.4 Å². The van der Waals surface area contributed by atoms with Crippen LogP contribution in [-0.4, -0.2) is 74.0 Å². The summed E-state index contributed by atoms with van der Waals surface area (Å²) in [6, 6.07) is 7.98. The summed E-state index contributed by atoms with van der Waals surface area (Å²) in [5.74, 6) is -0.586. The zero-order chi connectivity index (χ0) is 25.4. The average Bonchev–Trinajstić information content (AvgIpc) is 3.52. The molecule has 3 aromatic heterocycles. The molecule has 3 atom stereocenters. The molecule has 0 radical (unpaired) electrons. The predicted molar refractivity (Wildman–Crippen MR) is 125 cm³/mol. The van der Waals surface area contributed by atoms with Gasteiger partial charge in [0, 0.05) is 30.1 Å². The lowest BCUT2D eigenvalue weighted by Gasteiger charge is -2.36. The molecule has 0 spiro atoms. The van der Waals surface area contributed by atoms with Crippen LogP contribution in [0.3, 0.4) is 0 Å². The fourth-order valence-electron chi connectivity index (χ4n) is 3.82. The number of aliphatic hydroxyl groups is 1. The molecule has 1 fully saturated rings. The number of aliphatic hydroxyl groups excluding tert-OH is 1. The van der Waals surface area contributed by atoms with Gasteiger partial charge in [0.05, 0.1) is 37.0 Å². The van der Waals surface area contributed by atoms with Gasteiger partial charge >= 0.3 is 0 Å². The van der Waals surface area contributed by atoms with Gasteiger partial charge in [-0.25, -0.2) is 4.68 Å². The highest BCUT2D eigenvalue weighted by Gasteiger charge is 2.42. The Kier molecular flexibility index (Phi) is 5.95. The normalized spacial score (nSPS) is 18.9. The maximum absolute atomic E-state index is 13.2. The van der Waals surface area contributed by atoms with Crippen molar-refractivity contribution in [3.63, 3.8) is 0 Å². The lowest BCUT2D eigenvalue weighted by atomic mass is 10.1. The van der Waals surface area contributed by atoms with Gasteiger partial charge in [-0.05, 0) is 19.1 Å². The number of hydrogen-bond donors (Lipinski definition) is 3. The maximum atomic E-state index is 13.2. The average molecular weight is 494 g/mol. The minimum absolute atomic E-state index is 0.183. The molecule has 14 heteroatoms. The fraction of sp³-hybridized carbons (Fsp3) is 0.273. The van der Waals surface area contributed by atoms with Crippen molar-refractivity contribution in [1.82, 2.24) is 25.1 Å². The van der Waals surface area contributed by atoms with Gasteiger partial charge in [0.2, 0.25) is 5.88 Å². The molecule has 5 rings (SSSR count). The Morgan fingerprint density at radius 3 is 2.97 bits per heavy atom. The van der Waals surface area contributed by atoms with E-state index >= 15 is 0 Å². The van der Waals surface area contributed by atoms with E-state index in [1.807, 2.05) is 0 Å². The highest BCUT2D eigenvalue weighted by atomic mass is 16.5. The second kappa shape index (κ2) is 9.24. The van der Waals surface area contributed by atoms with Crippen LogP contribution < -0.4 is 20.7 Å². The van der Waals surface area contributed by atoms with E-state index in [1.165, 1.54) is 29.0 Å². The number of methoxy groups -OCH3 is 1. The van der Waals surface area contributed by atoms with Gasteiger partial charge in [0.25, 0.3) is 11.8 Å². The van der Waals surface area contributed by atoms with Crippen LogP contribution in [0, 0.1) is 0 Å². The van der Waals surface area contributed by atoms with Crippen molar-refractivity contribution >= 4 is 40.1 Å². The number of rotatable bonds is 6. The minimum Gasteiger partial charge on any atom is -0.480 e. The first-order valence-electron chi connectivity index (χ1n) is 10.9. The molecule has 1 aromatic carbocycles. The summed E-state index contributed by atoms with van der Waals surface area (Å²) in [5.41, 5.74) is 6.97. The lowest BCUT2D eigenvalue weighted by Crippen LogP contribution is -2.58. The number of nitrogens with one attached hydrogen (secondary N) is 1. The molecule has 0 saturated carbocycles. The molecule has 1 saturated heterocycles. The zero-order valence-corrected chi connectivity index (χ0v) is 19.2. The molecule has 14 nitrogen and oxygen atoms in total. The zero-order valence-electron chi connectivity index (χ0n) is 19.2. The summed E-state index contributed by atoms with van der Waals surface area (Å²) in [5, 5.41) is 29.6. The quantitative estimate of drug-likeness (QED) is 0.339. The minimum atomic E-state index is -1.78. The Bertz CT molecular complexity index is 1430. The van der Waals surface area contributed by atoms with Crippen molar-refractivity contribution in [1.29, 1.82) is 0 Å². The Balaban J connectivity index is 1.32. The van der Waals surface area contributed by atoms with E-state index in [2.05, 4.69) is 25.8 Å². The number of carbonyl (C=O) groups excluding carboxylic acids is 2. The molecule has 0 aliphatic carbocycles. The number of aromatic nitrogens is 5. The second-order valence-corrected chi connectivity index (χ2v) is 8.10. The summed E-state index contributed by atoms with van der Waals surface area (Å²) < 4.78 is 17.3. The Morgan fingerprint density at radius 2 is 2.17 bits per heavy atom. The van der Waals surface area contributed by atoms with Gasteiger partial charge in [-0.1, -0.05) is 5.16 Å². The van der Waals surface area contributed by atoms with E-state index < -0.39 is 30.1 Å². The van der Waals surface area contributed by atoms with E-state index in [9.17, 15) is 14.7 Å². The first-order chi connectivity index (χ1) is 17.3. The summed E-state index contributed by atoms with van der Waals surface area (Å²) in [6.07, 6.45) is -0.564. The number of ether oxygens (including phenoxy) is 2. The molecule has 1 aliphatic heterocycles. The van der Waals surface area contributed by atoms with Crippen molar-refractivity contribution in [2.45, 2.75) is 25.2 Å². The third kappa shape index (κ3) is 4.30. The van der Waals surface area contributed by atoms with Crippen LogP contribution in [0.4, 0.5) is 17.3 Å². The number of carbonyl (C=O) groups is 2. The third-order valence-corrected chi connectivity index (χ3v) is 5.59. The molecular formula is C22H22N8O6. The topological polar surface area (TPSA) is 184 Å². The predicted octanol–water partition coefficient (Wildman–Crippen LogP) is 0.514. The van der Waals surface area contributed by atoms with Crippen molar-refractivity contribution in [2.24, 2.45) is 0 Å². The van der Waals surface area contributed by atoms with Gasteiger partial charge in [-0.2, -0.15) is 5.10 Å². The van der Waals surface area contributed by atoms with Crippen LogP contribution in [-0.2, 0) is 14.3 Å². The maximum Gasteiger partial charge on any atom is 0.260 e. The molecule has 0 bridgehead atoms. The van der Waals surface area contributed by atoms with Gasteiger partial charge in [0.1, 0.15) is 0 Å². The Hall–Kier alpha value is -4.56. The number of fused-ring (bicyclic) bond motifs is 1. The molecule has 2 amide bonds. The second-order valence-electron chi connectivity index (χ2n) is 8.10. The molecule has 1 aliphatic rings. The number of anilines is 3. The van der Waals surface area contributed by atoms with Gasteiger partial charge < -0.3 is 30.2 Å². The standard InChI is InChI=1S/C22H22N8O6/c1-11-10-29(16-5-6-30(27-16)13-8-17(34-2)26-24-9-13)22(33)19(35-11)18(31)21(32)25-12-3-4-14-15(7-12)36-28-20(14)23/h3-9,11,18-19,31H,10H2,1-2H3,(H2,23,28)(H,25,32). The van der Waals surface area contributed by atoms with Crippen molar-refractivity contribution in [3.05, 3.63) is 42.7 Å². The summed E-state index contributed by atoms with van der Waals surface area (Å²) >= 11 is 0. The van der Waals surface area contributed by atoms with Crippen LogP contribution in [0.25, 0.3) is 16.7 Å². The molecule has 3 unspecified atom stereocenters. The number of benzene rings is 1. The van der Waals surface area contributed by atoms with Crippen LogP contribution in [0.1, 0.15) is 6.92 Å². The van der Waals surface area contributed by atoms with Crippen LogP contribution in [0.5, 0.6) is 5.88 Å². The van der Waals surface area contributed by atoms with E-state index in [4.69, 9.17) is 19.7 Å². The van der Waals surface area contributed by atoms with Crippen LogP contribution in [0.15, 0.2) is 47.2 Å². The third-order valence-electron chi connectivity index (χ3n) is 5.59. The van der Waals surface area contributed by atoms with Gasteiger partial charge in [0.15, 0.2) is 29.4 Å². The first kappa shape index (κ1) is 23.2. The lowest BCUT2D eigenvalue weighted by molar-refractivity contribution is -0.156. The molecule has 4 N–H and O–H groups in total. The van der Waals surface area contributed by atoms with Crippen molar-refractivity contribution < 1.29 is 28.7 Å². The Labute approximate surface area is 203 Å². The summed E-state index contributed by atoms with van der Waals surface area (Å²) in [7, 11) is 1.47. The van der Waals surface area contributed by atoms with E-state index in [0.29, 0.717) is 34.0 Å². The first-order valence-corrected chi connectivity index (χ1v) is 10.9. The number of nitrogen functional groups attached to an aromatic ring is 1. The molecule has 4 heterocycles. The van der Waals surface area contributed by atoms with E-state index in [1.54, 1.807) is 37.4 Å². The number of morpholine rings is 1. The molecule has 36 heavy (non-hydrogen) atoms. The Morgan fingerprint density at radius 1 is 1.33 bits per heavy atom. The SMILES string of the molecule is COc1cc(-n2ccc(N3CC(C)OC(C(O)C(=O)Nc4ccc5c(N)noc5c4)C3=O)n2)cnn1. The summed E-state index contributed by atoms with van der Waals surface area (Å²) in [6.45, 7) is 1.91. The largest absolute Gasteiger partial charge is 0.480 e. The fourth-order valence-corrected chi connectivity index (χ4v) is 3.82. The highest BCUT2D eigenvalue weighted by Crippen LogP contribution is 2.26. The molecular weight excluding hydrogens is 472 g/mol. The summed E-state index contributed by atoms with van der Waals surface area (Å²) in [4.78, 5) is 27.4. The van der Waals surface area contributed by atoms with Crippen LogP contribution >= 0.6 is 0 Å². The monoisotopic (exact) mass is 494 g/mol. The van der Waals surface area contributed by atoms with Crippen LogP contribution in [0.2, 0.25) is 0 Å². The van der Waals surface area contributed by atoms with Crippen molar-refractivity contribution in [3.8, 4) is 11.6 Å². The smallest absolute Gasteiger partial charge is 0.260 e. The number of hydrogen-bond acceptors (Lipinski definition) is 11. The van der Waals surface area contributed by atoms with Gasteiger partial charge in [-0.3, -0.25) is 14.5 Å². The van der Waals surface area contributed by atoms with Gasteiger partial charge in [-0.15, -0.1) is 10.2 Å². The number of amides is 2.